The highest BCUT2D eigenvalue weighted by molar-refractivity contribution is 8.00. The molecule has 0 aliphatic carbocycles. The molecule has 0 bridgehead atoms. The van der Waals surface area contributed by atoms with Crippen molar-refractivity contribution in [3.63, 3.8) is 0 Å². The highest BCUT2D eigenvalue weighted by Crippen LogP contribution is 2.42. The highest BCUT2D eigenvalue weighted by atomic mass is 32.2. The maximum absolute atomic E-state index is 13.2. The molecule has 0 saturated carbocycles. The molecule has 1 aliphatic rings. The van der Waals surface area contributed by atoms with Crippen molar-refractivity contribution < 1.29 is 28.2 Å². The third-order valence-corrected chi connectivity index (χ3v) is 5.37. The summed E-state index contributed by atoms with van der Waals surface area (Å²) in [6.45, 7) is 0.568. The Morgan fingerprint density at radius 3 is 2.47 bits per heavy atom. The van der Waals surface area contributed by atoms with E-state index in [4.69, 9.17) is 5.11 Å². The molecule has 1 heterocycles. The number of nitrogens with one attached hydrogen (secondary N) is 1. The first-order chi connectivity index (χ1) is 14.4. The highest BCUT2D eigenvalue weighted by Gasteiger charge is 2.43. The average Bonchev–Trinajstić information content (AvgIpc) is 3.04. The van der Waals surface area contributed by atoms with Gasteiger partial charge in [0.05, 0.1) is 5.75 Å². The molecule has 30 heavy (non-hydrogen) atoms. The van der Waals surface area contributed by atoms with Crippen LogP contribution in [-0.2, 0) is 11.3 Å². The lowest BCUT2D eigenvalue weighted by Crippen LogP contribution is -2.25. The third-order valence-electron chi connectivity index (χ3n) is 4.37. The number of hydrogen-bond donors (Lipinski definition) is 2. The van der Waals surface area contributed by atoms with Crippen LogP contribution in [0.5, 0.6) is 11.5 Å². The fraction of sp³-hybridized carbons (Fsp3) is 0.136. The van der Waals surface area contributed by atoms with Crippen LogP contribution in [0, 0.1) is 0 Å². The quantitative estimate of drug-likeness (QED) is 0.486. The van der Waals surface area contributed by atoms with Gasteiger partial charge in [-0.05, 0) is 59.2 Å². The Labute approximate surface area is 175 Å². The minimum atomic E-state index is -3.63. The van der Waals surface area contributed by atoms with Crippen LogP contribution in [0.15, 0.2) is 71.6 Å². The van der Waals surface area contributed by atoms with Crippen molar-refractivity contribution in [3.05, 3.63) is 72.3 Å². The predicted octanol–water partition coefficient (Wildman–Crippen LogP) is 5.46. The van der Waals surface area contributed by atoms with Crippen LogP contribution < -0.4 is 14.8 Å². The van der Waals surface area contributed by atoms with Crippen LogP contribution in [0.4, 0.5) is 14.5 Å². The molecule has 2 N–H and O–H groups in total. The lowest BCUT2D eigenvalue weighted by molar-refractivity contribution is -0.286. The van der Waals surface area contributed by atoms with Crippen LogP contribution in [0.25, 0.3) is 11.1 Å². The number of benzene rings is 3. The van der Waals surface area contributed by atoms with Gasteiger partial charge in [0, 0.05) is 17.1 Å². The smallest absolute Gasteiger partial charge is 0.481 e. The zero-order valence-electron chi connectivity index (χ0n) is 15.6. The van der Waals surface area contributed by atoms with Gasteiger partial charge in [-0.15, -0.1) is 20.5 Å². The minimum absolute atomic E-state index is 0.0156. The number of carboxylic acid groups (broad SMARTS) is 1. The van der Waals surface area contributed by atoms with E-state index in [9.17, 15) is 13.6 Å². The zero-order chi connectivity index (χ0) is 21.1. The van der Waals surface area contributed by atoms with Crippen LogP contribution in [-0.4, -0.2) is 23.1 Å². The molecular formula is C22H17F2NO4S. The second-order valence-corrected chi connectivity index (χ2v) is 7.64. The van der Waals surface area contributed by atoms with E-state index in [1.807, 2.05) is 48.5 Å². The Kier molecular flexibility index (Phi) is 5.50. The molecule has 0 radical (unpaired) electrons. The number of halogens is 2. The molecule has 5 nitrogen and oxygen atoms in total. The second kappa shape index (κ2) is 8.23. The van der Waals surface area contributed by atoms with Crippen molar-refractivity contribution in [1.29, 1.82) is 0 Å². The summed E-state index contributed by atoms with van der Waals surface area (Å²) in [6, 6.07) is 20.0. The number of carboxylic acids is 1. The van der Waals surface area contributed by atoms with Crippen LogP contribution in [0.2, 0.25) is 0 Å². The van der Waals surface area contributed by atoms with E-state index >= 15 is 0 Å². The van der Waals surface area contributed by atoms with Gasteiger partial charge in [-0.1, -0.05) is 24.3 Å². The van der Waals surface area contributed by atoms with Crippen molar-refractivity contribution >= 4 is 23.4 Å². The van der Waals surface area contributed by atoms with Crippen molar-refractivity contribution in [2.24, 2.45) is 0 Å². The first-order valence-corrected chi connectivity index (χ1v) is 10.0. The zero-order valence-corrected chi connectivity index (χ0v) is 16.4. The molecule has 0 spiro atoms. The maximum Gasteiger partial charge on any atom is 0.586 e. The summed E-state index contributed by atoms with van der Waals surface area (Å²) in [5, 5.41) is 12.0. The maximum atomic E-state index is 13.2. The van der Waals surface area contributed by atoms with E-state index < -0.39 is 12.3 Å². The second-order valence-electron chi connectivity index (χ2n) is 6.59. The fourth-order valence-corrected chi connectivity index (χ4v) is 3.63. The number of ether oxygens (including phenoxy) is 2. The van der Waals surface area contributed by atoms with Gasteiger partial charge in [-0.3, -0.25) is 4.79 Å². The van der Waals surface area contributed by atoms with E-state index in [0.29, 0.717) is 6.54 Å². The Morgan fingerprint density at radius 1 is 0.967 bits per heavy atom. The molecule has 8 heteroatoms. The van der Waals surface area contributed by atoms with Gasteiger partial charge < -0.3 is 19.9 Å². The summed E-state index contributed by atoms with van der Waals surface area (Å²) in [5.74, 6) is -0.788. The molecular weight excluding hydrogens is 412 g/mol. The molecule has 154 valence electrons. The van der Waals surface area contributed by atoms with Gasteiger partial charge in [0.2, 0.25) is 0 Å². The van der Waals surface area contributed by atoms with Gasteiger partial charge >= 0.3 is 12.3 Å². The van der Waals surface area contributed by atoms with E-state index in [2.05, 4.69) is 14.8 Å². The van der Waals surface area contributed by atoms with Crippen molar-refractivity contribution in [1.82, 2.24) is 0 Å². The summed E-state index contributed by atoms with van der Waals surface area (Å²) in [4.78, 5) is 11.5. The van der Waals surface area contributed by atoms with Crippen molar-refractivity contribution in [3.8, 4) is 22.6 Å². The molecule has 0 saturated heterocycles. The number of alkyl halides is 2. The first kappa shape index (κ1) is 20.0. The Morgan fingerprint density at radius 2 is 1.70 bits per heavy atom. The molecule has 0 unspecified atom stereocenters. The standard InChI is InChI=1S/C22H17F2NO4S/c23-22(24)28-19-9-4-16(11-20(19)29-22)15-3-1-2-14(10-15)12-25-17-5-7-18(8-6-17)30-13-21(26)27/h1-11,25H,12-13H2,(H,26,27). The number of fused-ring (bicyclic) bond motifs is 1. The average molecular weight is 429 g/mol. The summed E-state index contributed by atoms with van der Waals surface area (Å²) >= 11 is 1.27. The number of aliphatic carboxylic acids is 1. The van der Waals surface area contributed by atoms with E-state index in [-0.39, 0.29) is 17.3 Å². The summed E-state index contributed by atoms with van der Waals surface area (Å²) < 4.78 is 35.4. The van der Waals surface area contributed by atoms with Crippen LogP contribution >= 0.6 is 11.8 Å². The lowest BCUT2D eigenvalue weighted by atomic mass is 10.0. The Balaban J connectivity index is 1.41. The number of thioether (sulfide) groups is 1. The van der Waals surface area contributed by atoms with E-state index in [0.717, 1.165) is 27.3 Å². The molecule has 3 aromatic rings. The molecule has 0 aromatic heterocycles. The topological polar surface area (TPSA) is 67.8 Å². The number of hydrogen-bond acceptors (Lipinski definition) is 5. The van der Waals surface area contributed by atoms with Crippen molar-refractivity contribution in [2.45, 2.75) is 17.7 Å². The number of anilines is 1. The predicted molar refractivity (Wildman–Crippen MR) is 110 cm³/mol. The van der Waals surface area contributed by atoms with Crippen LogP contribution in [0.3, 0.4) is 0 Å². The van der Waals surface area contributed by atoms with Gasteiger partial charge in [0.15, 0.2) is 11.5 Å². The van der Waals surface area contributed by atoms with Gasteiger partial charge in [0.25, 0.3) is 0 Å². The molecule has 4 rings (SSSR count). The Hall–Kier alpha value is -3.26. The van der Waals surface area contributed by atoms with E-state index in [1.165, 1.54) is 23.9 Å². The summed E-state index contributed by atoms with van der Waals surface area (Å²) in [7, 11) is 0. The van der Waals surface area contributed by atoms with Gasteiger partial charge in [-0.2, -0.15) is 0 Å². The van der Waals surface area contributed by atoms with Gasteiger partial charge in [-0.25, -0.2) is 0 Å². The van der Waals surface area contributed by atoms with E-state index in [1.54, 1.807) is 6.07 Å². The summed E-state index contributed by atoms with van der Waals surface area (Å²) in [5.41, 5.74) is 3.54. The minimum Gasteiger partial charge on any atom is -0.481 e. The molecule has 1 aliphatic heterocycles. The monoisotopic (exact) mass is 429 g/mol. The lowest BCUT2D eigenvalue weighted by Gasteiger charge is -2.09. The molecule has 3 aromatic carbocycles. The summed E-state index contributed by atoms with van der Waals surface area (Å²) in [6.07, 6.45) is -3.63. The molecule has 0 atom stereocenters. The molecule has 0 amide bonds. The Bertz CT molecular complexity index is 1070. The third kappa shape index (κ3) is 4.83. The fourth-order valence-electron chi connectivity index (χ4n) is 3.01. The molecule has 0 fully saturated rings. The number of carbonyl (C=O) groups is 1. The van der Waals surface area contributed by atoms with Gasteiger partial charge in [0.1, 0.15) is 0 Å². The van der Waals surface area contributed by atoms with Crippen molar-refractivity contribution in [2.75, 3.05) is 11.1 Å². The first-order valence-electron chi connectivity index (χ1n) is 9.06. The largest absolute Gasteiger partial charge is 0.586 e. The van der Waals surface area contributed by atoms with Crippen LogP contribution in [0.1, 0.15) is 5.56 Å². The SMILES string of the molecule is O=C(O)CSc1ccc(NCc2cccc(-c3ccc4c(c3)OC(F)(F)O4)c2)cc1. The normalized spacial score (nSPS) is 13.8. The number of rotatable bonds is 7.